The van der Waals surface area contributed by atoms with Gasteiger partial charge in [0.25, 0.3) is 0 Å². The second-order valence-corrected chi connectivity index (χ2v) is 13.0. The number of likely N-dealkylation sites (N-methyl/N-ethyl adjacent to an activating group) is 1. The summed E-state index contributed by atoms with van der Waals surface area (Å²) in [7, 11) is 0. The molecule has 0 aromatic heterocycles. The molecule has 0 saturated heterocycles. The fourth-order valence-electron chi connectivity index (χ4n) is 6.00. The molecule has 7 heteroatoms. The molecule has 1 aliphatic carbocycles. The number of benzene rings is 3. The van der Waals surface area contributed by atoms with E-state index in [-0.39, 0.29) is 17.5 Å². The Morgan fingerprint density at radius 3 is 2.43 bits per heavy atom. The third kappa shape index (κ3) is 6.69. The van der Waals surface area contributed by atoms with Gasteiger partial charge in [0.1, 0.15) is 5.76 Å². The Labute approximate surface area is 272 Å². The van der Waals surface area contributed by atoms with E-state index in [1.807, 2.05) is 86.7 Å². The van der Waals surface area contributed by atoms with Crippen LogP contribution < -0.4 is 4.90 Å². The van der Waals surface area contributed by atoms with Crippen molar-refractivity contribution in [3.63, 3.8) is 0 Å². The quantitative estimate of drug-likeness (QED) is 0.0666. The Balaban J connectivity index is 1.45. The topological polar surface area (TPSA) is 63.7 Å². The summed E-state index contributed by atoms with van der Waals surface area (Å²) in [5.41, 5.74) is 6.77. The minimum Gasteiger partial charge on any atom is -0.431 e. The first-order valence-corrected chi connectivity index (χ1v) is 16.8. The predicted molar refractivity (Wildman–Crippen MR) is 181 cm³/mol. The van der Waals surface area contributed by atoms with Gasteiger partial charge in [-0.15, -0.1) is 11.8 Å². The number of halogens is 1. The molecule has 0 fully saturated rings. The van der Waals surface area contributed by atoms with E-state index in [2.05, 4.69) is 33.8 Å². The van der Waals surface area contributed by atoms with Crippen LogP contribution in [0.25, 0.3) is 0 Å². The zero-order valence-electron chi connectivity index (χ0n) is 25.5. The lowest BCUT2D eigenvalue weighted by Gasteiger charge is -2.24. The van der Waals surface area contributed by atoms with Crippen LogP contribution >= 0.6 is 27.7 Å². The van der Waals surface area contributed by atoms with E-state index in [1.54, 1.807) is 11.8 Å². The number of anilines is 1. The number of fused-ring (bicyclic) bond motifs is 3. The van der Waals surface area contributed by atoms with E-state index >= 15 is 0 Å². The SMILES string of the molecule is CCC(OC(C)=O)=C(CCSc1ccc(Br)cc1)C(=O)c1ccc2c(c1)C1CC(C(=O)c3ccccc3C)=CC=C1N2CC. The fraction of sp³-hybridized carbons (Fsp3) is 0.270. The summed E-state index contributed by atoms with van der Waals surface area (Å²) in [5, 5.41) is 0. The standard InChI is InChI=1S/C37H36BrNO4S/c1-5-35(43-24(4)40)30(19-20-44-28-15-13-27(38)14-16-28)37(42)26-12-18-34-32(22-26)31-21-25(11-17-33(31)39(34)6-2)36(41)29-10-8-7-9-23(29)3/h7-18,22,31H,5-6,19-21H2,1-4H3. The summed E-state index contributed by atoms with van der Waals surface area (Å²) in [6.45, 7) is 8.11. The fourth-order valence-corrected chi connectivity index (χ4v) is 7.13. The third-order valence-electron chi connectivity index (χ3n) is 8.13. The van der Waals surface area contributed by atoms with Crippen molar-refractivity contribution in [3.05, 3.63) is 128 Å². The van der Waals surface area contributed by atoms with Crippen molar-refractivity contribution in [1.82, 2.24) is 0 Å². The molecule has 0 saturated carbocycles. The Bertz CT molecular complexity index is 1700. The van der Waals surface area contributed by atoms with Crippen molar-refractivity contribution in [1.29, 1.82) is 0 Å². The lowest BCUT2D eigenvalue weighted by atomic mass is 9.83. The van der Waals surface area contributed by atoms with Gasteiger partial charge in [0.05, 0.1) is 0 Å². The monoisotopic (exact) mass is 669 g/mol. The molecule has 1 aliphatic heterocycles. The molecular formula is C37H36BrNO4S. The summed E-state index contributed by atoms with van der Waals surface area (Å²) in [6.07, 6.45) is 5.48. The molecular weight excluding hydrogens is 634 g/mol. The number of Topliss-reactive ketones (excluding diaryl/α,β-unsaturated/α-hetero) is 2. The lowest BCUT2D eigenvalue weighted by molar-refractivity contribution is -0.137. The first-order valence-electron chi connectivity index (χ1n) is 15.0. The second kappa shape index (κ2) is 14.0. The predicted octanol–water partition coefficient (Wildman–Crippen LogP) is 9.37. The number of allylic oxidation sites excluding steroid dienone is 6. The number of carbonyl (C=O) groups is 3. The highest BCUT2D eigenvalue weighted by Gasteiger charge is 2.37. The summed E-state index contributed by atoms with van der Waals surface area (Å²) < 4.78 is 6.58. The number of aryl methyl sites for hydroxylation is 1. The summed E-state index contributed by atoms with van der Waals surface area (Å²) in [5.74, 6) is 0.532. The third-order valence-corrected chi connectivity index (χ3v) is 9.68. The molecule has 226 valence electrons. The highest BCUT2D eigenvalue weighted by atomic mass is 79.9. The van der Waals surface area contributed by atoms with Gasteiger partial charge in [-0.2, -0.15) is 0 Å². The van der Waals surface area contributed by atoms with Crippen LogP contribution in [0.15, 0.2) is 111 Å². The van der Waals surface area contributed by atoms with Crippen molar-refractivity contribution in [2.24, 2.45) is 0 Å². The molecule has 1 unspecified atom stereocenters. The second-order valence-electron chi connectivity index (χ2n) is 10.9. The van der Waals surface area contributed by atoms with Crippen molar-refractivity contribution < 1.29 is 19.1 Å². The minimum atomic E-state index is -0.435. The van der Waals surface area contributed by atoms with E-state index < -0.39 is 5.97 Å². The Morgan fingerprint density at radius 2 is 1.75 bits per heavy atom. The highest BCUT2D eigenvalue weighted by molar-refractivity contribution is 9.10. The number of rotatable bonds is 11. The first-order chi connectivity index (χ1) is 21.2. The van der Waals surface area contributed by atoms with Crippen LogP contribution in [0.5, 0.6) is 0 Å². The molecule has 0 N–H and O–H groups in total. The van der Waals surface area contributed by atoms with Crippen LogP contribution in [0.4, 0.5) is 5.69 Å². The molecule has 1 atom stereocenters. The van der Waals surface area contributed by atoms with E-state index in [1.165, 1.54) is 6.92 Å². The van der Waals surface area contributed by atoms with Gasteiger partial charge in [-0.1, -0.05) is 53.2 Å². The zero-order valence-corrected chi connectivity index (χ0v) is 27.9. The number of thioether (sulfide) groups is 1. The molecule has 1 heterocycles. The number of esters is 1. The van der Waals surface area contributed by atoms with E-state index in [0.717, 1.165) is 49.6 Å². The average molecular weight is 671 g/mol. The molecule has 0 radical (unpaired) electrons. The zero-order chi connectivity index (χ0) is 31.4. The Morgan fingerprint density at radius 1 is 1.00 bits per heavy atom. The van der Waals surface area contributed by atoms with Crippen LogP contribution in [-0.2, 0) is 9.53 Å². The van der Waals surface area contributed by atoms with Crippen molar-refractivity contribution in [2.45, 2.75) is 57.8 Å². The smallest absolute Gasteiger partial charge is 0.307 e. The van der Waals surface area contributed by atoms with Gasteiger partial charge in [-0.05, 0) is 86.4 Å². The van der Waals surface area contributed by atoms with Gasteiger partial charge in [0, 0.05) is 74.6 Å². The molecule has 2 aliphatic rings. The van der Waals surface area contributed by atoms with Crippen LogP contribution in [0.2, 0.25) is 0 Å². The largest absolute Gasteiger partial charge is 0.431 e. The van der Waals surface area contributed by atoms with Gasteiger partial charge >= 0.3 is 5.97 Å². The maximum atomic E-state index is 14.2. The van der Waals surface area contributed by atoms with Crippen molar-refractivity contribution >= 4 is 50.9 Å². The number of hydrogen-bond donors (Lipinski definition) is 0. The maximum absolute atomic E-state index is 14.2. The normalized spacial score (nSPS) is 15.9. The number of ether oxygens (including phenoxy) is 1. The lowest BCUT2D eigenvalue weighted by Crippen LogP contribution is -2.21. The van der Waals surface area contributed by atoms with E-state index in [9.17, 15) is 14.4 Å². The molecule has 5 nitrogen and oxygen atoms in total. The van der Waals surface area contributed by atoms with Crippen LogP contribution in [-0.4, -0.2) is 29.8 Å². The van der Waals surface area contributed by atoms with Crippen LogP contribution in [0.3, 0.4) is 0 Å². The van der Waals surface area contributed by atoms with Gasteiger partial charge in [0.2, 0.25) is 0 Å². The van der Waals surface area contributed by atoms with Crippen LogP contribution in [0.1, 0.15) is 77.8 Å². The molecule has 0 amide bonds. The summed E-state index contributed by atoms with van der Waals surface area (Å²) >= 11 is 5.13. The van der Waals surface area contributed by atoms with Gasteiger partial charge in [0.15, 0.2) is 11.6 Å². The molecule has 44 heavy (non-hydrogen) atoms. The van der Waals surface area contributed by atoms with Gasteiger partial charge < -0.3 is 9.64 Å². The molecule has 5 rings (SSSR count). The van der Waals surface area contributed by atoms with Crippen LogP contribution in [0, 0.1) is 6.92 Å². The number of carbonyl (C=O) groups excluding carboxylic acids is 3. The van der Waals surface area contributed by atoms with E-state index in [0.29, 0.717) is 41.9 Å². The first kappa shape index (κ1) is 31.7. The van der Waals surface area contributed by atoms with E-state index in [4.69, 9.17) is 4.74 Å². The number of hydrogen-bond acceptors (Lipinski definition) is 6. The minimum absolute atomic E-state index is 0.0230. The van der Waals surface area contributed by atoms with Crippen molar-refractivity contribution in [2.75, 3.05) is 17.2 Å². The Kier molecular flexibility index (Phi) is 10.1. The van der Waals surface area contributed by atoms with Crippen molar-refractivity contribution in [3.8, 4) is 0 Å². The molecule has 0 spiro atoms. The maximum Gasteiger partial charge on any atom is 0.307 e. The van der Waals surface area contributed by atoms with Gasteiger partial charge in [-0.25, -0.2) is 0 Å². The molecule has 3 aromatic carbocycles. The Hall–Kier alpha value is -3.68. The number of nitrogens with zero attached hydrogens (tertiary/aromatic N) is 1. The number of ketones is 2. The highest BCUT2D eigenvalue weighted by Crippen LogP contribution is 2.49. The van der Waals surface area contributed by atoms with Gasteiger partial charge in [-0.3, -0.25) is 14.4 Å². The summed E-state index contributed by atoms with van der Waals surface area (Å²) in [4.78, 5) is 43.0. The average Bonchev–Trinajstić information content (AvgIpc) is 3.34. The molecule has 3 aromatic rings. The summed E-state index contributed by atoms with van der Waals surface area (Å²) in [6, 6.07) is 21.6. The molecule has 0 bridgehead atoms.